The highest BCUT2D eigenvalue weighted by molar-refractivity contribution is 7.62. The molecule has 0 bridgehead atoms. The van der Waals surface area contributed by atoms with E-state index < -0.39 is 37.3 Å². The van der Waals surface area contributed by atoms with Crippen LogP contribution < -0.4 is 25.6 Å². The number of amides is 3. The first kappa shape index (κ1) is 47.0. The van der Waals surface area contributed by atoms with Gasteiger partial charge in [-0.15, -0.1) is 0 Å². The lowest BCUT2D eigenvalue weighted by atomic mass is 9.90. The van der Waals surface area contributed by atoms with Gasteiger partial charge in [0, 0.05) is 24.3 Å². The Bertz CT molecular complexity index is 1810. The summed E-state index contributed by atoms with van der Waals surface area (Å²) in [6.07, 6.45) is 9.13. The summed E-state index contributed by atoms with van der Waals surface area (Å²) in [5.74, 6) is -1.66. The lowest BCUT2D eigenvalue weighted by Gasteiger charge is -2.31. The molecule has 1 aliphatic rings. The number of nitrogens with one attached hydrogen (secondary N) is 2. The van der Waals surface area contributed by atoms with Crippen LogP contribution in [0.5, 0.6) is 5.75 Å². The predicted octanol–water partition coefficient (Wildman–Crippen LogP) is 8.41. The predicted molar refractivity (Wildman–Crippen MR) is 228 cm³/mol. The van der Waals surface area contributed by atoms with E-state index in [9.17, 15) is 23.7 Å². The van der Waals surface area contributed by atoms with Crippen LogP contribution in [0.4, 0.5) is 5.69 Å². The van der Waals surface area contributed by atoms with Gasteiger partial charge in [0.25, 0.3) is 5.91 Å². The van der Waals surface area contributed by atoms with Crippen LogP contribution in [0.25, 0.3) is 11.3 Å². The molecule has 0 saturated carbocycles. The summed E-state index contributed by atoms with van der Waals surface area (Å²) in [5, 5.41) is 6.71. The topological polar surface area (TPSA) is 166 Å². The van der Waals surface area contributed by atoms with Gasteiger partial charge in [-0.05, 0) is 100 Å². The molecule has 0 unspecified atom stereocenters. The van der Waals surface area contributed by atoms with Gasteiger partial charge < -0.3 is 38.6 Å². The number of hydrogen-bond donors (Lipinski definition) is 2. The van der Waals surface area contributed by atoms with Crippen LogP contribution >= 0.6 is 7.60 Å². The second kappa shape index (κ2) is 24.4. The number of carbonyl (C=O) groups excluding carboxylic acids is 4. The summed E-state index contributed by atoms with van der Waals surface area (Å²) < 4.78 is 37.6. The zero-order chi connectivity index (χ0) is 42.6. The van der Waals surface area contributed by atoms with Gasteiger partial charge in [0.05, 0.1) is 49.3 Å². The maximum absolute atomic E-state index is 14.1. The summed E-state index contributed by atoms with van der Waals surface area (Å²) >= 11 is 0. The number of ether oxygens (including phenoxy) is 1. The Morgan fingerprint density at radius 2 is 1.54 bits per heavy atom. The number of hydroxylamine groups is 2. The van der Waals surface area contributed by atoms with Crippen molar-refractivity contribution in [3.05, 3.63) is 65.9 Å². The van der Waals surface area contributed by atoms with E-state index in [1.165, 1.54) is 6.07 Å². The summed E-state index contributed by atoms with van der Waals surface area (Å²) in [5.41, 5.74) is 1.83. The molecule has 59 heavy (non-hydrogen) atoms. The maximum Gasteiger partial charge on any atom is 0.363 e. The van der Waals surface area contributed by atoms with E-state index in [0.29, 0.717) is 60.2 Å². The molecule has 0 radical (unpaired) electrons. The van der Waals surface area contributed by atoms with Crippen LogP contribution in [0, 0.1) is 5.92 Å². The first-order valence-corrected chi connectivity index (χ1v) is 22.8. The van der Waals surface area contributed by atoms with Crippen molar-refractivity contribution >= 4 is 42.8 Å². The largest absolute Gasteiger partial charge is 0.494 e. The number of furan rings is 1. The van der Waals surface area contributed by atoms with Gasteiger partial charge in [-0.3, -0.25) is 18.9 Å². The molecule has 2 heterocycles. The number of hydrogen-bond acceptors (Lipinski definition) is 11. The van der Waals surface area contributed by atoms with Gasteiger partial charge in [0.15, 0.2) is 5.76 Å². The Morgan fingerprint density at radius 1 is 0.864 bits per heavy atom. The second-order valence-corrected chi connectivity index (χ2v) is 16.6. The van der Waals surface area contributed by atoms with E-state index in [4.69, 9.17) is 23.0 Å². The van der Waals surface area contributed by atoms with Crippen molar-refractivity contribution in [3.63, 3.8) is 0 Å². The van der Waals surface area contributed by atoms with Gasteiger partial charge in [-0.2, -0.15) is 5.06 Å². The zero-order valence-corrected chi connectivity index (χ0v) is 36.3. The molecule has 1 fully saturated rings. The van der Waals surface area contributed by atoms with Crippen molar-refractivity contribution in [1.82, 2.24) is 15.7 Å². The van der Waals surface area contributed by atoms with Crippen LogP contribution in [0.1, 0.15) is 126 Å². The van der Waals surface area contributed by atoms with Gasteiger partial charge in [-0.1, -0.05) is 59.8 Å². The third kappa shape index (κ3) is 13.7. The highest BCUT2D eigenvalue weighted by Crippen LogP contribution is 2.49. The van der Waals surface area contributed by atoms with Crippen molar-refractivity contribution in [2.75, 3.05) is 44.5 Å². The molecule has 0 spiro atoms. The van der Waals surface area contributed by atoms with Crippen LogP contribution in [0.15, 0.2) is 59.0 Å². The Labute approximate surface area is 349 Å². The number of carbonyl (C=O) groups is 4. The minimum absolute atomic E-state index is 0.0161. The van der Waals surface area contributed by atoms with E-state index >= 15 is 0 Å². The van der Waals surface area contributed by atoms with E-state index in [-0.39, 0.29) is 25.6 Å². The molecule has 2 aromatic carbocycles. The number of benzene rings is 2. The molecule has 14 nitrogen and oxygen atoms in total. The van der Waals surface area contributed by atoms with Crippen molar-refractivity contribution in [2.45, 2.75) is 111 Å². The molecule has 3 amide bonds. The van der Waals surface area contributed by atoms with Crippen LogP contribution in [0.3, 0.4) is 0 Å². The summed E-state index contributed by atoms with van der Waals surface area (Å²) in [4.78, 5) is 60.3. The monoisotopic (exact) mass is 838 g/mol. The molecule has 0 aliphatic carbocycles. The Kier molecular flexibility index (Phi) is 19.5. The molecule has 1 aromatic heterocycles. The lowest BCUT2D eigenvalue weighted by Crippen LogP contribution is -2.49. The minimum atomic E-state index is -3.72. The number of nitrogens with zero attached hydrogens (tertiary/aromatic N) is 2. The van der Waals surface area contributed by atoms with E-state index in [1.54, 1.807) is 36.4 Å². The molecule has 1 saturated heterocycles. The lowest BCUT2D eigenvalue weighted by molar-refractivity contribution is -0.171. The standard InChI is InChI=1S/C44H63N4O10P/c1-6-11-14-17-38(39(9-4)48(32-49)58-44(52)33-18-20-35(21-19-33)47-24-15-16-25-47)42(50)45-31-46-43(51)41-23-22-40(57-41)34-28-36(54-10-5)30-37(29-34)59(53,55-26-12-7-2)56-27-13-8-3/h18-23,28-30,32,38-39H,6-17,24-27,31H2,1-5H3,(H,45,50)(H,46,51)/t38-,39-/m1/s1. The summed E-state index contributed by atoms with van der Waals surface area (Å²) in [6.45, 7) is 12.4. The normalized spacial score (nSPS) is 13.7. The molecule has 2 atom stereocenters. The van der Waals surface area contributed by atoms with Crippen molar-refractivity contribution in [3.8, 4) is 17.1 Å². The first-order valence-electron chi connectivity index (χ1n) is 21.3. The fourth-order valence-electron chi connectivity index (χ4n) is 6.88. The minimum Gasteiger partial charge on any atom is -0.494 e. The number of rotatable bonds is 27. The quantitative estimate of drug-likeness (QED) is 0.0249. The van der Waals surface area contributed by atoms with Crippen molar-refractivity contribution in [1.29, 1.82) is 0 Å². The number of anilines is 1. The van der Waals surface area contributed by atoms with Crippen LogP contribution in [0.2, 0.25) is 0 Å². The molecular weight excluding hydrogens is 775 g/mol. The average Bonchev–Trinajstić information content (AvgIpc) is 3.97. The van der Waals surface area contributed by atoms with Crippen LogP contribution in [-0.4, -0.2) is 74.9 Å². The Morgan fingerprint density at radius 3 is 2.15 bits per heavy atom. The Hall–Kier alpha value is -4.65. The van der Waals surface area contributed by atoms with Crippen molar-refractivity contribution in [2.24, 2.45) is 5.92 Å². The van der Waals surface area contributed by atoms with E-state index in [0.717, 1.165) is 75.2 Å². The smallest absolute Gasteiger partial charge is 0.363 e. The van der Waals surface area contributed by atoms with Gasteiger partial charge in [-0.25, -0.2) is 4.79 Å². The molecule has 15 heteroatoms. The molecule has 4 rings (SSSR count). The average molecular weight is 839 g/mol. The maximum atomic E-state index is 14.1. The number of unbranched alkanes of at least 4 members (excludes halogenated alkanes) is 4. The zero-order valence-electron chi connectivity index (χ0n) is 35.4. The molecule has 3 aromatic rings. The van der Waals surface area contributed by atoms with Gasteiger partial charge in [0.2, 0.25) is 12.3 Å². The third-order valence-electron chi connectivity index (χ3n) is 10.2. The molecule has 1 aliphatic heterocycles. The van der Waals surface area contributed by atoms with E-state index in [2.05, 4.69) is 22.5 Å². The second-order valence-electron chi connectivity index (χ2n) is 14.6. The molecular formula is C44H63N4O10P. The first-order chi connectivity index (χ1) is 28.6. The molecule has 2 N–H and O–H groups in total. The fourth-order valence-corrected chi connectivity index (χ4v) is 8.57. The Balaban J connectivity index is 1.43. The SMILES string of the molecule is CCCCC[C@@H](C(=O)NCNC(=O)c1ccc(-c2cc(OCC)cc(P(=O)(OCCCC)OCCCC)c2)o1)[C@@H](CC)N(C=O)OC(=O)c1ccc(N2CCCC2)cc1. The van der Waals surface area contributed by atoms with Crippen LogP contribution in [-0.2, 0) is 28.0 Å². The summed E-state index contributed by atoms with van der Waals surface area (Å²) in [6, 6.07) is 14.5. The van der Waals surface area contributed by atoms with Gasteiger partial charge in [0.1, 0.15) is 11.5 Å². The van der Waals surface area contributed by atoms with E-state index in [1.807, 2.05) is 39.8 Å². The highest BCUT2D eigenvalue weighted by Gasteiger charge is 2.34. The third-order valence-corrected chi connectivity index (χ3v) is 12.1. The highest BCUT2D eigenvalue weighted by atomic mass is 31.2. The van der Waals surface area contributed by atoms with Crippen molar-refractivity contribution < 1.29 is 46.8 Å². The van der Waals surface area contributed by atoms with Gasteiger partial charge >= 0.3 is 13.6 Å². The fraction of sp³-hybridized carbons (Fsp3) is 0.545. The molecule has 324 valence electrons. The summed E-state index contributed by atoms with van der Waals surface area (Å²) in [7, 11) is -3.72.